The summed E-state index contributed by atoms with van der Waals surface area (Å²) in [6.07, 6.45) is 4.72. The molecule has 116 valence electrons. The molecular weight excluding hydrogens is 264 g/mol. The number of rotatable bonds is 4. The molecule has 4 heteroatoms. The van der Waals surface area contributed by atoms with E-state index in [4.69, 9.17) is 0 Å². The fraction of sp³-hybridized carbons (Fsp3) is 0.647. The average Bonchev–Trinajstić information content (AvgIpc) is 2.81. The van der Waals surface area contributed by atoms with E-state index in [9.17, 15) is 10.2 Å². The van der Waals surface area contributed by atoms with Crippen molar-refractivity contribution in [2.45, 2.75) is 37.8 Å². The summed E-state index contributed by atoms with van der Waals surface area (Å²) in [4.78, 5) is 4.71. The molecule has 2 aliphatic heterocycles. The van der Waals surface area contributed by atoms with Crippen LogP contribution in [0.4, 0.5) is 0 Å². The Balaban J connectivity index is 1.54. The van der Waals surface area contributed by atoms with E-state index in [1.54, 1.807) is 6.07 Å². The van der Waals surface area contributed by atoms with Gasteiger partial charge in [-0.05, 0) is 50.0 Å². The van der Waals surface area contributed by atoms with Gasteiger partial charge in [-0.3, -0.25) is 4.90 Å². The number of phenolic OH excluding ortho intramolecular Hbond substituents is 1. The maximum absolute atomic E-state index is 10.8. The lowest BCUT2D eigenvalue weighted by Crippen LogP contribution is -2.46. The van der Waals surface area contributed by atoms with Gasteiger partial charge in [0.05, 0.1) is 5.60 Å². The third kappa shape index (κ3) is 3.96. The molecule has 4 nitrogen and oxygen atoms in total. The number of phenols is 1. The van der Waals surface area contributed by atoms with Crippen molar-refractivity contribution in [2.24, 2.45) is 0 Å². The average molecular weight is 290 g/mol. The van der Waals surface area contributed by atoms with Gasteiger partial charge < -0.3 is 15.1 Å². The minimum atomic E-state index is -0.561. The zero-order chi connectivity index (χ0) is 14.7. The van der Waals surface area contributed by atoms with Crippen molar-refractivity contribution in [3.8, 4) is 5.75 Å². The summed E-state index contributed by atoms with van der Waals surface area (Å²) in [5.74, 6) is 0.315. The van der Waals surface area contributed by atoms with Crippen LogP contribution in [-0.4, -0.2) is 58.3 Å². The number of aliphatic hydroxyl groups is 1. The van der Waals surface area contributed by atoms with Crippen molar-refractivity contribution in [1.82, 2.24) is 9.80 Å². The monoisotopic (exact) mass is 290 g/mol. The van der Waals surface area contributed by atoms with Crippen molar-refractivity contribution in [3.63, 3.8) is 0 Å². The Morgan fingerprint density at radius 1 is 1.05 bits per heavy atom. The van der Waals surface area contributed by atoms with Crippen LogP contribution < -0.4 is 0 Å². The van der Waals surface area contributed by atoms with Gasteiger partial charge in [-0.15, -0.1) is 0 Å². The first-order valence-corrected chi connectivity index (χ1v) is 8.08. The molecule has 0 spiro atoms. The topological polar surface area (TPSA) is 46.9 Å². The van der Waals surface area contributed by atoms with Crippen LogP contribution in [0.2, 0.25) is 0 Å². The van der Waals surface area contributed by atoms with Crippen LogP contribution in [0.3, 0.4) is 0 Å². The Morgan fingerprint density at radius 2 is 1.86 bits per heavy atom. The molecule has 1 aromatic carbocycles. The highest BCUT2D eigenvalue weighted by Gasteiger charge is 2.37. The van der Waals surface area contributed by atoms with Gasteiger partial charge in [-0.1, -0.05) is 18.6 Å². The van der Waals surface area contributed by atoms with E-state index < -0.39 is 5.60 Å². The fourth-order valence-electron chi connectivity index (χ4n) is 3.65. The number of benzene rings is 1. The van der Waals surface area contributed by atoms with E-state index in [1.165, 1.54) is 19.3 Å². The quantitative estimate of drug-likeness (QED) is 0.888. The molecule has 21 heavy (non-hydrogen) atoms. The molecule has 1 aromatic rings. The van der Waals surface area contributed by atoms with Gasteiger partial charge in [0.15, 0.2) is 0 Å². The summed E-state index contributed by atoms with van der Waals surface area (Å²) in [6, 6.07) is 7.41. The second-order valence-corrected chi connectivity index (χ2v) is 6.69. The van der Waals surface area contributed by atoms with E-state index in [0.29, 0.717) is 5.75 Å². The number of hydrogen-bond donors (Lipinski definition) is 2. The van der Waals surface area contributed by atoms with E-state index in [2.05, 4.69) is 9.80 Å². The first-order valence-electron chi connectivity index (χ1n) is 8.08. The Morgan fingerprint density at radius 3 is 2.62 bits per heavy atom. The Bertz CT molecular complexity index is 474. The third-order valence-electron chi connectivity index (χ3n) is 4.69. The highest BCUT2D eigenvalue weighted by Crippen LogP contribution is 2.26. The number of piperidine rings is 1. The van der Waals surface area contributed by atoms with Crippen molar-refractivity contribution in [2.75, 3.05) is 32.7 Å². The number of likely N-dealkylation sites (tertiary alicyclic amines) is 2. The Kier molecular flexibility index (Phi) is 4.48. The molecule has 0 aliphatic carbocycles. The van der Waals surface area contributed by atoms with Crippen LogP contribution in [0.1, 0.15) is 31.2 Å². The molecule has 0 bridgehead atoms. The molecular formula is C17H26N2O2. The van der Waals surface area contributed by atoms with E-state index >= 15 is 0 Å². The second kappa shape index (κ2) is 6.34. The van der Waals surface area contributed by atoms with Crippen LogP contribution in [0.5, 0.6) is 5.75 Å². The molecule has 3 rings (SSSR count). The lowest BCUT2D eigenvalue weighted by Gasteiger charge is -2.33. The summed E-state index contributed by atoms with van der Waals surface area (Å²) in [5, 5.41) is 20.3. The van der Waals surface area contributed by atoms with Gasteiger partial charge in [-0.2, -0.15) is 0 Å². The smallest absolute Gasteiger partial charge is 0.115 e. The van der Waals surface area contributed by atoms with Crippen LogP contribution in [0.25, 0.3) is 0 Å². The number of hydrogen-bond acceptors (Lipinski definition) is 4. The number of β-amino-alcohol motifs (C(OH)–C–C–N with tert-alkyl or cyclic N) is 1. The standard InChI is InChI=1S/C17H26N2O2/c20-16-6-4-5-15(11-16)12-19-10-7-17(21,14-19)13-18-8-2-1-3-9-18/h4-6,11,20-21H,1-3,7-10,12-14H2/t17-/m0/s1. The molecule has 2 N–H and O–H groups in total. The first kappa shape index (κ1) is 14.8. The maximum atomic E-state index is 10.8. The maximum Gasteiger partial charge on any atom is 0.115 e. The Hall–Kier alpha value is -1.10. The lowest BCUT2D eigenvalue weighted by atomic mass is 10.0. The predicted octanol–water partition coefficient (Wildman–Crippen LogP) is 1.81. The van der Waals surface area contributed by atoms with Crippen LogP contribution in [0, 0.1) is 0 Å². The molecule has 0 unspecified atom stereocenters. The van der Waals surface area contributed by atoms with Crippen molar-refractivity contribution in [3.05, 3.63) is 29.8 Å². The number of aromatic hydroxyl groups is 1. The zero-order valence-corrected chi connectivity index (χ0v) is 12.7. The molecule has 2 saturated heterocycles. The summed E-state index contributed by atoms with van der Waals surface area (Å²) >= 11 is 0. The highest BCUT2D eigenvalue weighted by molar-refractivity contribution is 5.27. The van der Waals surface area contributed by atoms with Crippen molar-refractivity contribution < 1.29 is 10.2 Å². The first-order chi connectivity index (χ1) is 10.1. The Labute approximate surface area is 127 Å². The van der Waals surface area contributed by atoms with Crippen LogP contribution in [-0.2, 0) is 6.54 Å². The van der Waals surface area contributed by atoms with Gasteiger partial charge in [0, 0.05) is 26.2 Å². The van der Waals surface area contributed by atoms with Gasteiger partial charge in [0.25, 0.3) is 0 Å². The van der Waals surface area contributed by atoms with Crippen molar-refractivity contribution >= 4 is 0 Å². The highest BCUT2D eigenvalue weighted by atomic mass is 16.3. The molecule has 0 saturated carbocycles. The predicted molar refractivity (Wildman–Crippen MR) is 83.2 cm³/mol. The molecule has 2 aliphatic rings. The minimum absolute atomic E-state index is 0.315. The van der Waals surface area contributed by atoms with Gasteiger partial charge >= 0.3 is 0 Å². The molecule has 0 radical (unpaired) electrons. The zero-order valence-electron chi connectivity index (χ0n) is 12.7. The summed E-state index contributed by atoms with van der Waals surface area (Å²) in [5.41, 5.74) is 0.547. The third-order valence-corrected chi connectivity index (χ3v) is 4.69. The fourth-order valence-corrected chi connectivity index (χ4v) is 3.65. The summed E-state index contributed by atoms with van der Waals surface area (Å²) < 4.78 is 0. The minimum Gasteiger partial charge on any atom is -0.508 e. The van der Waals surface area contributed by atoms with E-state index in [-0.39, 0.29) is 0 Å². The van der Waals surface area contributed by atoms with E-state index in [1.807, 2.05) is 18.2 Å². The normalized spacial score (nSPS) is 28.0. The van der Waals surface area contributed by atoms with Crippen LogP contribution in [0.15, 0.2) is 24.3 Å². The molecule has 1 atom stereocenters. The van der Waals surface area contributed by atoms with Gasteiger partial charge in [-0.25, -0.2) is 0 Å². The molecule has 2 heterocycles. The number of nitrogens with zero attached hydrogens (tertiary/aromatic N) is 2. The summed E-state index contributed by atoms with van der Waals surface area (Å²) in [7, 11) is 0. The SMILES string of the molecule is Oc1cccc(CN2CC[C@](O)(CN3CCCCC3)C2)c1. The van der Waals surface area contributed by atoms with Crippen molar-refractivity contribution in [1.29, 1.82) is 0 Å². The molecule has 0 amide bonds. The summed E-state index contributed by atoms with van der Waals surface area (Å²) in [6.45, 7) is 5.54. The van der Waals surface area contributed by atoms with Gasteiger partial charge in [0.2, 0.25) is 0 Å². The largest absolute Gasteiger partial charge is 0.508 e. The van der Waals surface area contributed by atoms with Crippen LogP contribution >= 0.6 is 0 Å². The van der Waals surface area contributed by atoms with E-state index in [0.717, 1.165) is 51.3 Å². The molecule has 0 aromatic heterocycles. The lowest BCUT2D eigenvalue weighted by molar-refractivity contribution is 0.00635. The second-order valence-electron chi connectivity index (χ2n) is 6.69. The van der Waals surface area contributed by atoms with Gasteiger partial charge in [0.1, 0.15) is 5.75 Å². The molecule has 2 fully saturated rings.